The predicted molar refractivity (Wildman–Crippen MR) is 106 cm³/mol. The summed E-state index contributed by atoms with van der Waals surface area (Å²) in [6.07, 6.45) is 0.929. The molecule has 1 amide bonds. The number of thiophene rings is 1. The average molecular weight is 367 g/mol. The predicted octanol–water partition coefficient (Wildman–Crippen LogP) is 4.95. The van der Waals surface area contributed by atoms with Crippen molar-refractivity contribution >= 4 is 28.7 Å². The third-order valence-corrected chi connectivity index (χ3v) is 4.98. The molecule has 0 saturated carbocycles. The summed E-state index contributed by atoms with van der Waals surface area (Å²) in [5.74, 6) is 0.682. The van der Waals surface area contributed by atoms with Crippen LogP contribution in [0.4, 0.5) is 11.5 Å². The van der Waals surface area contributed by atoms with Crippen LogP contribution >= 0.6 is 11.3 Å². The molecule has 2 heterocycles. The van der Waals surface area contributed by atoms with E-state index in [-0.39, 0.29) is 11.7 Å². The summed E-state index contributed by atoms with van der Waals surface area (Å²) in [5.41, 5.74) is 9.86. The van der Waals surface area contributed by atoms with Crippen molar-refractivity contribution in [2.24, 2.45) is 0 Å². The minimum absolute atomic E-state index is 0.232. The Balaban J connectivity index is 1.71. The van der Waals surface area contributed by atoms with Crippen molar-refractivity contribution in [3.05, 3.63) is 64.2 Å². The van der Waals surface area contributed by atoms with Crippen LogP contribution in [-0.4, -0.2) is 10.9 Å². The Bertz CT molecular complexity index is 933. The van der Waals surface area contributed by atoms with Gasteiger partial charge >= 0.3 is 0 Å². The van der Waals surface area contributed by atoms with Crippen LogP contribution in [0.3, 0.4) is 0 Å². The van der Waals surface area contributed by atoms with Crippen molar-refractivity contribution in [3.8, 4) is 10.8 Å². The number of aryl methyl sites for hydroxylation is 3. The van der Waals surface area contributed by atoms with Crippen molar-refractivity contribution in [1.82, 2.24) is 4.98 Å². The number of rotatable bonds is 5. The minimum Gasteiger partial charge on any atom is -0.446 e. The van der Waals surface area contributed by atoms with Gasteiger partial charge in [-0.15, -0.1) is 11.3 Å². The van der Waals surface area contributed by atoms with Gasteiger partial charge in [-0.25, -0.2) is 4.98 Å². The van der Waals surface area contributed by atoms with Crippen LogP contribution < -0.4 is 15.8 Å². The van der Waals surface area contributed by atoms with Crippen LogP contribution in [0.2, 0.25) is 0 Å². The molecule has 134 valence electrons. The van der Waals surface area contributed by atoms with Gasteiger partial charge in [0.15, 0.2) is 5.06 Å². The molecule has 0 radical (unpaired) electrons. The molecule has 0 bridgehead atoms. The number of nitrogens with two attached hydrogens (primary N) is 1. The SMILES string of the molecule is CCc1ccsc1Oc1ccc(NC(=O)c2cc(C)c(C)nc2N)cc1. The highest BCUT2D eigenvalue weighted by molar-refractivity contribution is 7.12. The number of carbonyl (C=O) groups excluding carboxylic acids is 1. The van der Waals surface area contributed by atoms with Gasteiger partial charge in [-0.3, -0.25) is 4.79 Å². The molecule has 0 aliphatic carbocycles. The fourth-order valence-electron chi connectivity index (χ4n) is 2.49. The summed E-state index contributed by atoms with van der Waals surface area (Å²) in [6.45, 7) is 5.87. The van der Waals surface area contributed by atoms with Gasteiger partial charge in [0.2, 0.25) is 0 Å². The van der Waals surface area contributed by atoms with Crippen molar-refractivity contribution in [3.63, 3.8) is 0 Å². The number of ether oxygens (including phenoxy) is 1. The maximum absolute atomic E-state index is 12.5. The number of pyridine rings is 1. The van der Waals surface area contributed by atoms with E-state index >= 15 is 0 Å². The first-order valence-corrected chi connectivity index (χ1v) is 9.25. The zero-order valence-corrected chi connectivity index (χ0v) is 15.8. The molecule has 0 atom stereocenters. The summed E-state index contributed by atoms with van der Waals surface area (Å²) in [5, 5.41) is 5.76. The minimum atomic E-state index is -0.279. The highest BCUT2D eigenvalue weighted by Crippen LogP contribution is 2.32. The van der Waals surface area contributed by atoms with Crippen LogP contribution in [0.1, 0.15) is 34.1 Å². The number of anilines is 2. The van der Waals surface area contributed by atoms with Gasteiger partial charge in [-0.05, 0) is 67.6 Å². The molecular weight excluding hydrogens is 346 g/mol. The van der Waals surface area contributed by atoms with Crippen LogP contribution in [0, 0.1) is 13.8 Å². The Kier molecular flexibility index (Phi) is 5.23. The average Bonchev–Trinajstić information content (AvgIpc) is 3.07. The first kappa shape index (κ1) is 17.9. The fraction of sp³-hybridized carbons (Fsp3) is 0.200. The van der Waals surface area contributed by atoms with Crippen LogP contribution in [0.5, 0.6) is 10.8 Å². The van der Waals surface area contributed by atoms with Crippen molar-refractivity contribution in [2.45, 2.75) is 27.2 Å². The van der Waals surface area contributed by atoms with Gasteiger partial charge in [0, 0.05) is 16.9 Å². The molecule has 3 aromatic rings. The molecule has 2 aromatic heterocycles. The Morgan fingerprint density at radius 1 is 1.23 bits per heavy atom. The maximum atomic E-state index is 12.5. The second-order valence-corrected chi connectivity index (χ2v) is 6.87. The van der Waals surface area contributed by atoms with E-state index in [9.17, 15) is 4.79 Å². The standard InChI is InChI=1S/C20H21N3O2S/c1-4-14-9-10-26-20(14)25-16-7-5-15(6-8-16)23-19(24)17-11-12(2)13(3)22-18(17)21/h5-11H,4H2,1-3H3,(H2,21,22)(H,23,24). The third kappa shape index (κ3) is 3.86. The van der Waals surface area contributed by atoms with Crippen molar-refractivity contribution in [1.29, 1.82) is 0 Å². The molecule has 0 saturated heterocycles. The van der Waals surface area contributed by atoms with E-state index in [4.69, 9.17) is 10.5 Å². The van der Waals surface area contributed by atoms with E-state index in [1.807, 2.05) is 31.4 Å². The Hall–Kier alpha value is -2.86. The van der Waals surface area contributed by atoms with E-state index in [1.54, 1.807) is 29.5 Å². The second kappa shape index (κ2) is 7.58. The van der Waals surface area contributed by atoms with Crippen LogP contribution in [0.25, 0.3) is 0 Å². The molecule has 5 nitrogen and oxygen atoms in total. The first-order valence-electron chi connectivity index (χ1n) is 8.37. The molecule has 0 spiro atoms. The molecule has 0 unspecified atom stereocenters. The zero-order valence-electron chi connectivity index (χ0n) is 15.0. The second-order valence-electron chi connectivity index (χ2n) is 5.99. The van der Waals surface area contributed by atoms with Gasteiger partial charge in [0.05, 0.1) is 5.56 Å². The summed E-state index contributed by atoms with van der Waals surface area (Å²) in [4.78, 5) is 16.7. The van der Waals surface area contributed by atoms with Crippen molar-refractivity contribution in [2.75, 3.05) is 11.1 Å². The summed E-state index contributed by atoms with van der Waals surface area (Å²) in [6, 6.07) is 11.1. The number of amides is 1. The molecule has 0 aliphatic rings. The number of hydrogen-bond acceptors (Lipinski definition) is 5. The normalized spacial score (nSPS) is 10.6. The number of nitrogens with zero attached hydrogens (tertiary/aromatic N) is 1. The molecule has 6 heteroatoms. The van der Waals surface area contributed by atoms with E-state index in [0.717, 1.165) is 28.5 Å². The number of nitrogens with one attached hydrogen (secondary N) is 1. The van der Waals surface area contributed by atoms with Crippen LogP contribution in [-0.2, 0) is 6.42 Å². The molecule has 3 N–H and O–H groups in total. The maximum Gasteiger partial charge on any atom is 0.259 e. The van der Waals surface area contributed by atoms with Gasteiger partial charge < -0.3 is 15.8 Å². The fourth-order valence-corrected chi connectivity index (χ4v) is 3.36. The Labute approximate surface area is 156 Å². The molecule has 0 aliphatic heterocycles. The number of carbonyl (C=O) groups is 1. The lowest BCUT2D eigenvalue weighted by atomic mass is 10.1. The van der Waals surface area contributed by atoms with E-state index in [0.29, 0.717) is 11.3 Å². The first-order chi connectivity index (χ1) is 12.5. The summed E-state index contributed by atoms with van der Waals surface area (Å²) in [7, 11) is 0. The molecule has 0 fully saturated rings. The van der Waals surface area contributed by atoms with E-state index < -0.39 is 0 Å². The molecule has 1 aromatic carbocycles. The highest BCUT2D eigenvalue weighted by Gasteiger charge is 2.13. The summed E-state index contributed by atoms with van der Waals surface area (Å²) >= 11 is 1.57. The highest BCUT2D eigenvalue weighted by atomic mass is 32.1. The number of nitrogen functional groups attached to an aromatic ring is 1. The van der Waals surface area contributed by atoms with Gasteiger partial charge in [0.25, 0.3) is 5.91 Å². The van der Waals surface area contributed by atoms with E-state index in [1.165, 1.54) is 5.56 Å². The number of hydrogen-bond donors (Lipinski definition) is 2. The summed E-state index contributed by atoms with van der Waals surface area (Å²) < 4.78 is 5.91. The van der Waals surface area contributed by atoms with Crippen LogP contribution in [0.15, 0.2) is 41.8 Å². The topological polar surface area (TPSA) is 77.2 Å². The molecule has 26 heavy (non-hydrogen) atoms. The Morgan fingerprint density at radius 3 is 2.65 bits per heavy atom. The quantitative estimate of drug-likeness (QED) is 0.669. The zero-order chi connectivity index (χ0) is 18.7. The lowest BCUT2D eigenvalue weighted by molar-refractivity contribution is 0.102. The van der Waals surface area contributed by atoms with Gasteiger partial charge in [-0.1, -0.05) is 6.92 Å². The number of benzene rings is 1. The van der Waals surface area contributed by atoms with Crippen molar-refractivity contribution < 1.29 is 9.53 Å². The van der Waals surface area contributed by atoms with E-state index in [2.05, 4.69) is 23.3 Å². The smallest absolute Gasteiger partial charge is 0.259 e. The van der Waals surface area contributed by atoms with Gasteiger partial charge in [-0.2, -0.15) is 0 Å². The monoisotopic (exact) mass is 367 g/mol. The third-order valence-electron chi connectivity index (χ3n) is 4.15. The van der Waals surface area contributed by atoms with Gasteiger partial charge in [0.1, 0.15) is 11.6 Å². The lowest BCUT2D eigenvalue weighted by Gasteiger charge is -2.10. The molecular formula is C20H21N3O2S. The molecule has 3 rings (SSSR count). The Morgan fingerprint density at radius 2 is 1.96 bits per heavy atom. The largest absolute Gasteiger partial charge is 0.446 e. The lowest BCUT2D eigenvalue weighted by Crippen LogP contribution is -2.15. The number of aromatic nitrogens is 1.